The van der Waals surface area contributed by atoms with Crippen LogP contribution in [-0.4, -0.2) is 11.4 Å². The Morgan fingerprint density at radius 1 is 1.23 bits per heavy atom. The number of benzene rings is 1. The third-order valence-electron chi connectivity index (χ3n) is 0.733. The third-order valence-corrected chi connectivity index (χ3v) is 0.985. The number of isocyanates is 1. The molecule has 0 spiro atoms. The minimum atomic E-state index is 0.194. The number of carbonyl (C=O) groups excluding carboxylic acids is 1. The number of rotatable bonds is 0. The zero-order chi connectivity index (χ0) is 10.5. The Kier molecular flexibility index (Phi) is 16.1. The third kappa shape index (κ3) is 18.4. The summed E-state index contributed by atoms with van der Waals surface area (Å²) in [5.41, 5.74) is 0. The van der Waals surface area contributed by atoms with E-state index in [0.717, 1.165) is 11.1 Å². The molecule has 0 heterocycles. The van der Waals surface area contributed by atoms with Crippen molar-refractivity contribution in [1.29, 1.82) is 5.41 Å². The maximum Gasteiger partial charge on any atom is 0.231 e. The van der Waals surface area contributed by atoms with Crippen LogP contribution in [0.2, 0.25) is 5.02 Å². The summed E-state index contributed by atoms with van der Waals surface area (Å²) < 4.78 is 0. The largest absolute Gasteiger partial charge is 0.231 e. The van der Waals surface area contributed by atoms with Crippen LogP contribution in [-0.2, 0) is 4.79 Å². The van der Waals surface area contributed by atoms with Gasteiger partial charge in [-0.2, -0.15) is 0 Å². The zero-order valence-electron chi connectivity index (χ0n) is 6.64. The lowest BCUT2D eigenvalue weighted by Crippen LogP contribution is -1.55. The van der Waals surface area contributed by atoms with Gasteiger partial charge in [-0.05, 0) is 12.1 Å². The second-order valence-corrected chi connectivity index (χ2v) is 2.74. The Labute approximate surface area is 91.9 Å². The molecule has 0 aliphatic carbocycles. The molecule has 0 fully saturated rings. The van der Waals surface area contributed by atoms with Gasteiger partial charge >= 0.3 is 0 Å². The molecule has 1 aromatic rings. The first kappa shape index (κ1) is 15.0. The minimum Gasteiger partial charge on any atom is -0.222 e. The van der Waals surface area contributed by atoms with Gasteiger partial charge in [0.2, 0.25) is 6.08 Å². The highest BCUT2D eigenvalue weighted by Gasteiger charge is 1.74. The molecule has 0 bridgehead atoms. The van der Waals surface area contributed by atoms with Crippen molar-refractivity contribution >= 4 is 40.9 Å². The Morgan fingerprint density at radius 2 is 1.54 bits per heavy atom. The second-order valence-electron chi connectivity index (χ2n) is 1.50. The summed E-state index contributed by atoms with van der Waals surface area (Å²) in [6.07, 6.45) is 0.750. The molecule has 0 radical (unpaired) electrons. The summed E-state index contributed by atoms with van der Waals surface area (Å²) >= 11 is 15.1. The van der Waals surface area contributed by atoms with Gasteiger partial charge in [-0.25, -0.2) is 10.2 Å². The first-order chi connectivity index (χ1) is 6.22. The van der Waals surface area contributed by atoms with Gasteiger partial charge in [0.15, 0.2) is 0 Å². The normalized spacial score (nSPS) is 6.69. The average Bonchev–Trinajstić information content (AvgIpc) is 2.08. The molecule has 1 aromatic carbocycles. The van der Waals surface area contributed by atoms with Crippen molar-refractivity contribution in [1.82, 2.24) is 0 Å². The molecule has 0 aromatic heterocycles. The molecule has 0 saturated heterocycles. The fourth-order valence-electron chi connectivity index (χ4n) is 0.415. The quantitative estimate of drug-likeness (QED) is 0.420. The van der Waals surface area contributed by atoms with Gasteiger partial charge in [0.1, 0.15) is 0 Å². The van der Waals surface area contributed by atoms with Crippen LogP contribution in [0.5, 0.6) is 0 Å². The zero-order valence-corrected chi connectivity index (χ0v) is 8.90. The summed E-state index contributed by atoms with van der Waals surface area (Å²) in [6, 6.07) is 9.44. The molecule has 0 saturated carbocycles. The second kappa shape index (κ2) is 14.0. The van der Waals surface area contributed by atoms with Crippen molar-refractivity contribution in [3.05, 3.63) is 35.4 Å². The predicted octanol–water partition coefficient (Wildman–Crippen LogP) is 3.66. The van der Waals surface area contributed by atoms with E-state index in [0.29, 0.717) is 0 Å². The lowest BCUT2D eigenvalue weighted by molar-refractivity contribution is 0.563. The number of hydrogen-bond acceptors (Lipinski definition) is 2. The number of halogens is 3. The molecule has 1 rings (SSSR count). The standard InChI is InChI=1S/C6H5Cl.CH2Cl2.CHNO/c7-6-4-2-1-3-5-6;2*2-1-3/h1-5H;1H2;2H. The van der Waals surface area contributed by atoms with Crippen LogP contribution in [0.25, 0.3) is 0 Å². The van der Waals surface area contributed by atoms with Gasteiger partial charge in [0.05, 0.1) is 5.34 Å². The molecule has 13 heavy (non-hydrogen) atoms. The monoisotopic (exact) mass is 239 g/mol. The maximum atomic E-state index is 8.35. The van der Waals surface area contributed by atoms with Gasteiger partial charge in [-0.1, -0.05) is 29.8 Å². The van der Waals surface area contributed by atoms with Gasteiger partial charge in [-0.3, -0.25) is 0 Å². The first-order valence-electron chi connectivity index (χ1n) is 3.09. The van der Waals surface area contributed by atoms with Crippen molar-refractivity contribution in [2.75, 3.05) is 5.34 Å². The van der Waals surface area contributed by atoms with E-state index in [2.05, 4.69) is 0 Å². The van der Waals surface area contributed by atoms with Crippen LogP contribution >= 0.6 is 34.8 Å². The van der Waals surface area contributed by atoms with E-state index in [4.69, 9.17) is 45.0 Å². The molecular formula is C8H8Cl3NO. The highest BCUT2D eigenvalue weighted by molar-refractivity contribution is 6.40. The fraction of sp³-hybridized carbons (Fsp3) is 0.125. The van der Waals surface area contributed by atoms with Crippen LogP contribution < -0.4 is 0 Å². The molecule has 0 unspecified atom stereocenters. The van der Waals surface area contributed by atoms with Gasteiger partial charge in [0, 0.05) is 5.02 Å². The first-order valence-corrected chi connectivity index (χ1v) is 4.54. The fourth-order valence-corrected chi connectivity index (χ4v) is 0.560. The molecule has 0 amide bonds. The lowest BCUT2D eigenvalue weighted by Gasteiger charge is -1.80. The topological polar surface area (TPSA) is 40.9 Å². The highest BCUT2D eigenvalue weighted by Crippen LogP contribution is 2.03. The molecule has 0 atom stereocenters. The molecule has 5 heteroatoms. The molecule has 2 nitrogen and oxygen atoms in total. The molecule has 0 aliphatic rings. The van der Waals surface area contributed by atoms with Gasteiger partial charge < -0.3 is 0 Å². The Hall–Kier alpha value is -0.530. The number of nitrogens with one attached hydrogen (secondary N) is 1. The van der Waals surface area contributed by atoms with E-state index in [-0.39, 0.29) is 5.34 Å². The summed E-state index contributed by atoms with van der Waals surface area (Å²) in [5.74, 6) is 0. The smallest absolute Gasteiger partial charge is 0.222 e. The van der Waals surface area contributed by atoms with E-state index >= 15 is 0 Å². The van der Waals surface area contributed by atoms with E-state index in [1.807, 2.05) is 30.3 Å². The van der Waals surface area contributed by atoms with Gasteiger partial charge in [-0.15, -0.1) is 23.2 Å². The Morgan fingerprint density at radius 3 is 1.69 bits per heavy atom. The van der Waals surface area contributed by atoms with Crippen LogP contribution in [0.3, 0.4) is 0 Å². The van der Waals surface area contributed by atoms with Crippen molar-refractivity contribution in [3.63, 3.8) is 0 Å². The number of hydrogen-bond donors (Lipinski definition) is 1. The maximum absolute atomic E-state index is 8.35. The van der Waals surface area contributed by atoms with Crippen LogP contribution in [0.4, 0.5) is 0 Å². The summed E-state index contributed by atoms with van der Waals surface area (Å²) in [6.45, 7) is 0. The molecule has 1 N–H and O–H groups in total. The van der Waals surface area contributed by atoms with Crippen LogP contribution in [0.15, 0.2) is 30.3 Å². The van der Waals surface area contributed by atoms with Crippen LogP contribution in [0.1, 0.15) is 0 Å². The van der Waals surface area contributed by atoms with E-state index < -0.39 is 0 Å². The van der Waals surface area contributed by atoms with Crippen LogP contribution in [0, 0.1) is 5.41 Å². The highest BCUT2D eigenvalue weighted by atomic mass is 35.5. The van der Waals surface area contributed by atoms with E-state index in [1.165, 1.54) is 0 Å². The lowest BCUT2D eigenvalue weighted by atomic mass is 10.4. The SMILES string of the molecule is ClCCl.Clc1ccccc1.N=C=O. The summed E-state index contributed by atoms with van der Waals surface area (Å²) in [5, 5.41) is 6.39. The minimum absolute atomic E-state index is 0.194. The van der Waals surface area contributed by atoms with Gasteiger partial charge in [0.25, 0.3) is 0 Å². The molecule has 72 valence electrons. The van der Waals surface area contributed by atoms with E-state index in [9.17, 15) is 0 Å². The summed E-state index contributed by atoms with van der Waals surface area (Å²) in [7, 11) is 0. The molecule has 0 aliphatic heterocycles. The van der Waals surface area contributed by atoms with E-state index in [1.54, 1.807) is 0 Å². The van der Waals surface area contributed by atoms with Crippen molar-refractivity contribution < 1.29 is 4.79 Å². The van der Waals surface area contributed by atoms with Crippen molar-refractivity contribution in [3.8, 4) is 0 Å². The van der Waals surface area contributed by atoms with Crippen molar-refractivity contribution in [2.24, 2.45) is 0 Å². The Bertz CT molecular complexity index is 222. The Balaban J connectivity index is 0. The number of alkyl halides is 2. The average molecular weight is 241 g/mol. The van der Waals surface area contributed by atoms with Crippen molar-refractivity contribution in [2.45, 2.75) is 0 Å². The summed E-state index contributed by atoms with van der Waals surface area (Å²) in [4.78, 5) is 8.35. The predicted molar refractivity (Wildman–Crippen MR) is 56.4 cm³/mol. The molecular weight excluding hydrogens is 232 g/mol.